The summed E-state index contributed by atoms with van der Waals surface area (Å²) >= 11 is 0. The molecule has 0 N–H and O–H groups in total. The van der Waals surface area contributed by atoms with Gasteiger partial charge in [-0.2, -0.15) is 4.74 Å². The molecule has 7 nitrogen and oxygen atoms in total. The third-order valence-corrected chi connectivity index (χ3v) is 4.06. The van der Waals surface area contributed by atoms with Crippen LogP contribution in [-0.2, 0) is 16.1 Å². The first-order valence-corrected chi connectivity index (χ1v) is 7.92. The van der Waals surface area contributed by atoms with E-state index in [4.69, 9.17) is 14.0 Å². The van der Waals surface area contributed by atoms with Crippen LogP contribution in [0.2, 0.25) is 0 Å². The number of carbonyl (C=O) groups is 1. The average molecular weight is 334 g/mol. The third-order valence-electron chi connectivity index (χ3n) is 4.06. The maximum Gasteiger partial charge on any atom is 0.290 e. The van der Waals surface area contributed by atoms with Crippen molar-refractivity contribution < 1.29 is 18.8 Å². The van der Waals surface area contributed by atoms with Crippen LogP contribution in [0.25, 0.3) is 11.0 Å². The number of nitrogens with zero attached hydrogens (tertiary/aromatic N) is 2. The largest absolute Gasteiger partial charge is 0.497 e. The van der Waals surface area contributed by atoms with Gasteiger partial charge in [0.1, 0.15) is 12.3 Å². The molecule has 7 heteroatoms. The van der Waals surface area contributed by atoms with Crippen LogP contribution in [0.1, 0.15) is 20.8 Å². The molecular formula is C17H22N2O5. The summed E-state index contributed by atoms with van der Waals surface area (Å²) in [5.41, 5.74) is -0.316. The van der Waals surface area contributed by atoms with Gasteiger partial charge >= 0.3 is 0 Å². The lowest BCUT2D eigenvalue weighted by Gasteiger charge is -2.41. The van der Waals surface area contributed by atoms with Crippen molar-refractivity contribution in [3.63, 3.8) is 0 Å². The second kappa shape index (κ2) is 5.98. The van der Waals surface area contributed by atoms with Crippen LogP contribution in [0.3, 0.4) is 0 Å². The predicted octanol–water partition coefficient (Wildman–Crippen LogP) is 1.63. The molecule has 1 atom stereocenters. The fourth-order valence-corrected chi connectivity index (χ4v) is 3.15. The lowest BCUT2D eigenvalue weighted by atomic mass is 10.1. The minimum absolute atomic E-state index is 0.0469. The van der Waals surface area contributed by atoms with E-state index in [1.54, 1.807) is 30.2 Å². The maximum absolute atomic E-state index is 12.6. The van der Waals surface area contributed by atoms with E-state index in [0.717, 1.165) is 4.74 Å². The van der Waals surface area contributed by atoms with Gasteiger partial charge in [0.05, 0.1) is 24.2 Å². The van der Waals surface area contributed by atoms with Crippen LogP contribution in [0.15, 0.2) is 27.5 Å². The number of hydrogen-bond acceptors (Lipinski definition) is 5. The summed E-state index contributed by atoms with van der Waals surface area (Å²) in [6.07, 6.45) is -0.0469. The smallest absolute Gasteiger partial charge is 0.290 e. The van der Waals surface area contributed by atoms with E-state index in [1.165, 1.54) is 0 Å². The number of fused-ring (bicyclic) bond motifs is 1. The first-order chi connectivity index (χ1) is 11.3. The van der Waals surface area contributed by atoms with Gasteiger partial charge in [-0.05, 0) is 32.9 Å². The van der Waals surface area contributed by atoms with Gasteiger partial charge in [0, 0.05) is 19.2 Å². The number of hydrogen-bond donors (Lipinski definition) is 0. The molecule has 0 bridgehead atoms. The van der Waals surface area contributed by atoms with Gasteiger partial charge in [-0.25, -0.2) is 0 Å². The Labute approximate surface area is 139 Å². The average Bonchev–Trinajstić information content (AvgIpc) is 2.80. The first-order valence-electron chi connectivity index (χ1n) is 7.92. The van der Waals surface area contributed by atoms with Crippen LogP contribution >= 0.6 is 0 Å². The Kier molecular flexibility index (Phi) is 4.13. The molecule has 0 aliphatic carbocycles. The molecule has 1 aliphatic rings. The fourth-order valence-electron chi connectivity index (χ4n) is 3.15. The molecule has 1 aromatic carbocycles. The van der Waals surface area contributed by atoms with Gasteiger partial charge in [-0.15, -0.1) is 0 Å². The maximum atomic E-state index is 12.6. The van der Waals surface area contributed by atoms with Gasteiger partial charge < -0.3 is 18.9 Å². The van der Waals surface area contributed by atoms with Crippen LogP contribution in [0.4, 0.5) is 0 Å². The van der Waals surface area contributed by atoms with Crippen LogP contribution in [-0.4, -0.2) is 47.5 Å². The monoisotopic (exact) mass is 334 g/mol. The summed E-state index contributed by atoms with van der Waals surface area (Å²) in [5, 5.41) is 0.430. The van der Waals surface area contributed by atoms with Crippen molar-refractivity contribution in [2.24, 2.45) is 0 Å². The van der Waals surface area contributed by atoms with E-state index in [1.807, 2.05) is 20.8 Å². The van der Waals surface area contributed by atoms with Gasteiger partial charge in [-0.1, -0.05) is 0 Å². The molecule has 24 heavy (non-hydrogen) atoms. The van der Waals surface area contributed by atoms with E-state index in [-0.39, 0.29) is 24.1 Å². The van der Waals surface area contributed by atoms with E-state index < -0.39 is 5.60 Å². The highest BCUT2D eigenvalue weighted by molar-refractivity contribution is 5.79. The van der Waals surface area contributed by atoms with Crippen molar-refractivity contribution in [2.45, 2.75) is 39.0 Å². The summed E-state index contributed by atoms with van der Waals surface area (Å²) in [7, 11) is 1.54. The summed E-state index contributed by atoms with van der Waals surface area (Å²) in [6.45, 7) is 6.69. The summed E-state index contributed by atoms with van der Waals surface area (Å²) in [6, 6.07) is 4.97. The molecule has 130 valence electrons. The van der Waals surface area contributed by atoms with E-state index >= 15 is 0 Å². The summed E-state index contributed by atoms with van der Waals surface area (Å²) in [5.74, 6) is 0.435. The van der Waals surface area contributed by atoms with Crippen molar-refractivity contribution in [1.29, 1.82) is 0 Å². The number of methoxy groups -OCH3 is 1. The zero-order valence-electron chi connectivity index (χ0n) is 14.4. The third kappa shape index (κ3) is 3.17. The first kappa shape index (κ1) is 16.6. The number of morpholine rings is 1. The SMILES string of the molecule is COc1ccc2c(=O)n(CC(=O)N3CC(C)OC(C)(C)C3)oc2c1. The molecule has 0 saturated carbocycles. The highest BCUT2D eigenvalue weighted by Crippen LogP contribution is 2.22. The Morgan fingerprint density at radius 2 is 2.17 bits per heavy atom. The number of amides is 1. The van der Waals surface area contributed by atoms with E-state index in [2.05, 4.69) is 0 Å². The number of aromatic nitrogens is 1. The van der Waals surface area contributed by atoms with E-state index in [9.17, 15) is 9.59 Å². The Morgan fingerprint density at radius 3 is 2.83 bits per heavy atom. The van der Waals surface area contributed by atoms with Crippen molar-refractivity contribution >= 4 is 16.9 Å². The molecule has 0 radical (unpaired) electrons. The topological polar surface area (TPSA) is 73.9 Å². The van der Waals surface area contributed by atoms with Crippen molar-refractivity contribution in [3.8, 4) is 5.75 Å². The molecule has 1 unspecified atom stereocenters. The predicted molar refractivity (Wildman–Crippen MR) is 88.2 cm³/mol. The molecule has 0 spiro atoms. The molecule has 1 amide bonds. The van der Waals surface area contributed by atoms with Gasteiger partial charge in [0.25, 0.3) is 5.56 Å². The second-order valence-electron chi connectivity index (χ2n) is 6.76. The lowest BCUT2D eigenvalue weighted by Crippen LogP contribution is -2.54. The van der Waals surface area contributed by atoms with Crippen molar-refractivity contribution in [3.05, 3.63) is 28.6 Å². The molecule has 3 rings (SSSR count). The quantitative estimate of drug-likeness (QED) is 0.853. The lowest BCUT2D eigenvalue weighted by molar-refractivity contribution is -0.159. The molecule has 1 aliphatic heterocycles. The molecule has 1 fully saturated rings. The number of carbonyl (C=O) groups excluding carboxylic acids is 1. The number of ether oxygens (including phenoxy) is 2. The standard InChI is InChI=1S/C17H22N2O5/c1-11-8-18(10-17(2,3)23-11)15(20)9-19-16(21)13-6-5-12(22-4)7-14(13)24-19/h5-7,11H,8-10H2,1-4H3. The molecule has 1 aromatic heterocycles. The van der Waals surface area contributed by atoms with Crippen LogP contribution < -0.4 is 10.3 Å². The Bertz CT molecular complexity index is 820. The molecular weight excluding hydrogens is 312 g/mol. The zero-order chi connectivity index (χ0) is 17.5. The highest BCUT2D eigenvalue weighted by atomic mass is 16.5. The molecule has 2 heterocycles. The minimum Gasteiger partial charge on any atom is -0.497 e. The Morgan fingerprint density at radius 1 is 1.42 bits per heavy atom. The number of benzene rings is 1. The summed E-state index contributed by atoms with van der Waals surface area (Å²) in [4.78, 5) is 26.7. The van der Waals surface area contributed by atoms with E-state index in [0.29, 0.717) is 29.8 Å². The molecule has 1 saturated heterocycles. The fraction of sp³-hybridized carbons (Fsp3) is 0.529. The molecule has 2 aromatic rings. The second-order valence-corrected chi connectivity index (χ2v) is 6.76. The van der Waals surface area contributed by atoms with Crippen molar-refractivity contribution in [1.82, 2.24) is 9.64 Å². The Hall–Kier alpha value is -2.28. The normalized spacial score (nSPS) is 20.3. The highest BCUT2D eigenvalue weighted by Gasteiger charge is 2.34. The minimum atomic E-state index is -0.403. The van der Waals surface area contributed by atoms with Gasteiger partial charge in [0.15, 0.2) is 5.58 Å². The van der Waals surface area contributed by atoms with Crippen LogP contribution in [0, 0.1) is 0 Å². The van der Waals surface area contributed by atoms with Crippen molar-refractivity contribution in [2.75, 3.05) is 20.2 Å². The summed E-state index contributed by atoms with van der Waals surface area (Å²) < 4.78 is 17.5. The van der Waals surface area contributed by atoms with Crippen LogP contribution in [0.5, 0.6) is 5.75 Å². The van der Waals surface area contributed by atoms with Gasteiger partial charge in [-0.3, -0.25) is 9.59 Å². The number of rotatable bonds is 3. The van der Waals surface area contributed by atoms with Gasteiger partial charge in [0.2, 0.25) is 5.91 Å². The zero-order valence-corrected chi connectivity index (χ0v) is 14.4. The Balaban J connectivity index is 1.83.